The first-order valence-electron chi connectivity index (χ1n) is 19.0. The molecule has 4 rings (SSSR count). The Kier molecular flexibility index (Phi) is 14.8. The molecule has 3 aliphatic heterocycles. The predicted molar refractivity (Wildman–Crippen MR) is 196 cm³/mol. The van der Waals surface area contributed by atoms with E-state index in [1.807, 2.05) is 38.9 Å². The van der Waals surface area contributed by atoms with Crippen molar-refractivity contribution in [2.75, 3.05) is 78.5 Å². The molecule has 0 spiro atoms. The third kappa shape index (κ3) is 10.2. The Morgan fingerprint density at radius 2 is 1.73 bits per heavy atom. The highest BCUT2D eigenvalue weighted by atomic mass is 16.7. The maximum atomic E-state index is 14.3. The molecule has 13 nitrogen and oxygen atoms in total. The Morgan fingerprint density at radius 3 is 2.33 bits per heavy atom. The largest absolute Gasteiger partial charge is 0.463 e. The number of rotatable bonds is 10. The standard InChI is InChI=1S/C38H66N6O7/c1-11-43-24-26(2)23-38(7,48-10)33(51-34-31(45)30(41(8)9)22-27(3)50-34)28(4)32(46)37(5,6)35(47)49-25-29(43)14-12-17-42-18-20-44(21-19-42)36-39-15-13-16-40-36/h13,15-16,26-31,33-34,45H,11-12,14,17-25H2,1-10H3/t26-,27-,28+,29+,30+,31-,33-,34+,38-/m1/s1. The van der Waals surface area contributed by atoms with Gasteiger partial charge in [0.25, 0.3) is 0 Å². The zero-order valence-corrected chi connectivity index (χ0v) is 32.9. The average molecular weight is 719 g/mol. The fraction of sp³-hybridized carbons (Fsp3) is 0.842. The van der Waals surface area contributed by atoms with E-state index in [4.69, 9.17) is 18.9 Å². The first kappa shape index (κ1) is 41.5. The number of ketones is 1. The summed E-state index contributed by atoms with van der Waals surface area (Å²) in [6.07, 6.45) is 3.75. The second-order valence-electron chi connectivity index (χ2n) is 16.1. The number of aliphatic hydroxyl groups is 1. The predicted octanol–water partition coefficient (Wildman–Crippen LogP) is 3.10. The summed E-state index contributed by atoms with van der Waals surface area (Å²) in [7, 11) is 5.51. The maximum absolute atomic E-state index is 14.3. The van der Waals surface area contributed by atoms with Gasteiger partial charge in [-0.3, -0.25) is 19.4 Å². The van der Waals surface area contributed by atoms with Gasteiger partial charge in [-0.2, -0.15) is 0 Å². The SMILES string of the molecule is CCN1C[C@H](C)C[C@@](C)(OC)[C@H](O[C@@H]2O[C@H](C)C[C@H](N(C)C)[C@H]2O)[C@@H](C)C(=O)C(C)(C)C(=O)OC[C@@H]1CCCN1CCN(c2ncccn2)CC1. The normalized spacial score (nSPS) is 35.2. The van der Waals surface area contributed by atoms with Crippen molar-refractivity contribution < 1.29 is 33.6 Å². The van der Waals surface area contributed by atoms with E-state index < -0.39 is 41.4 Å². The van der Waals surface area contributed by atoms with Gasteiger partial charge in [-0.15, -0.1) is 0 Å². The van der Waals surface area contributed by atoms with Crippen LogP contribution >= 0.6 is 0 Å². The Bertz CT molecular complexity index is 1250. The fourth-order valence-corrected chi connectivity index (χ4v) is 8.31. The van der Waals surface area contributed by atoms with Crippen molar-refractivity contribution in [1.82, 2.24) is 24.7 Å². The fourth-order valence-electron chi connectivity index (χ4n) is 8.31. The minimum Gasteiger partial charge on any atom is -0.463 e. The van der Waals surface area contributed by atoms with E-state index in [1.54, 1.807) is 40.3 Å². The molecule has 9 atom stereocenters. The maximum Gasteiger partial charge on any atom is 0.319 e. The van der Waals surface area contributed by atoms with Gasteiger partial charge in [0.05, 0.1) is 17.8 Å². The van der Waals surface area contributed by atoms with E-state index in [-0.39, 0.29) is 36.5 Å². The molecule has 1 aromatic rings. The number of esters is 1. The van der Waals surface area contributed by atoms with Gasteiger partial charge in [0, 0.05) is 70.2 Å². The lowest BCUT2D eigenvalue weighted by atomic mass is 9.74. The number of piperazine rings is 1. The second kappa shape index (κ2) is 18.2. The van der Waals surface area contributed by atoms with Gasteiger partial charge in [0.15, 0.2) is 12.1 Å². The lowest BCUT2D eigenvalue weighted by Crippen LogP contribution is -2.59. The van der Waals surface area contributed by atoms with Gasteiger partial charge >= 0.3 is 5.97 Å². The van der Waals surface area contributed by atoms with Crippen LogP contribution in [0, 0.1) is 17.3 Å². The van der Waals surface area contributed by atoms with Crippen LogP contribution in [-0.4, -0.2) is 157 Å². The molecule has 1 aromatic heterocycles. The number of anilines is 1. The summed E-state index contributed by atoms with van der Waals surface area (Å²) in [6, 6.07) is 1.66. The van der Waals surface area contributed by atoms with Crippen LogP contribution < -0.4 is 4.90 Å². The van der Waals surface area contributed by atoms with Crippen molar-refractivity contribution in [3.05, 3.63) is 18.5 Å². The van der Waals surface area contributed by atoms with Crippen LogP contribution in [0.3, 0.4) is 0 Å². The van der Waals surface area contributed by atoms with Crippen molar-refractivity contribution in [2.45, 2.75) is 116 Å². The molecule has 0 aromatic carbocycles. The summed E-state index contributed by atoms with van der Waals surface area (Å²) >= 11 is 0. The van der Waals surface area contributed by atoms with Gasteiger partial charge < -0.3 is 33.9 Å². The summed E-state index contributed by atoms with van der Waals surface area (Å²) in [5.74, 6) is -0.668. The van der Waals surface area contributed by atoms with Crippen LogP contribution in [0.2, 0.25) is 0 Å². The molecule has 290 valence electrons. The zero-order chi connectivity index (χ0) is 37.5. The smallest absolute Gasteiger partial charge is 0.319 e. The number of carbonyl (C=O) groups is 2. The number of hydrogen-bond donors (Lipinski definition) is 1. The van der Waals surface area contributed by atoms with Gasteiger partial charge in [0.2, 0.25) is 5.95 Å². The van der Waals surface area contributed by atoms with Gasteiger partial charge in [0.1, 0.15) is 18.1 Å². The Balaban J connectivity index is 1.51. The number of Topliss-reactive ketones (excluding diaryl/α,β-unsaturated/α-hetero) is 1. The number of ether oxygens (including phenoxy) is 4. The molecule has 0 radical (unpaired) electrons. The summed E-state index contributed by atoms with van der Waals surface area (Å²) in [6.45, 7) is 19.7. The van der Waals surface area contributed by atoms with E-state index in [2.05, 4.69) is 38.5 Å². The third-order valence-electron chi connectivity index (χ3n) is 11.5. The van der Waals surface area contributed by atoms with Crippen molar-refractivity contribution >= 4 is 17.7 Å². The van der Waals surface area contributed by atoms with Gasteiger partial charge in [-0.25, -0.2) is 9.97 Å². The molecular formula is C38H66N6O7. The van der Waals surface area contributed by atoms with E-state index in [9.17, 15) is 14.7 Å². The van der Waals surface area contributed by atoms with Crippen LogP contribution in [0.5, 0.6) is 0 Å². The van der Waals surface area contributed by atoms with E-state index in [1.165, 1.54) is 0 Å². The molecule has 0 bridgehead atoms. The molecule has 4 heterocycles. The first-order valence-corrected chi connectivity index (χ1v) is 19.0. The van der Waals surface area contributed by atoms with Crippen LogP contribution in [0.25, 0.3) is 0 Å². The van der Waals surface area contributed by atoms with Crippen LogP contribution in [-0.2, 0) is 28.5 Å². The number of likely N-dealkylation sites (N-methyl/N-ethyl adjacent to an activating group) is 2. The summed E-state index contributed by atoms with van der Waals surface area (Å²) in [4.78, 5) is 46.0. The number of hydrogen-bond acceptors (Lipinski definition) is 13. The zero-order valence-electron chi connectivity index (χ0n) is 32.9. The van der Waals surface area contributed by atoms with Crippen molar-refractivity contribution in [1.29, 1.82) is 0 Å². The number of methoxy groups -OCH3 is 1. The molecule has 3 saturated heterocycles. The topological polar surface area (TPSA) is 130 Å². The quantitative estimate of drug-likeness (QED) is 0.281. The number of cyclic esters (lactones) is 1. The molecule has 51 heavy (non-hydrogen) atoms. The highest BCUT2D eigenvalue weighted by Gasteiger charge is 2.51. The average Bonchev–Trinajstić information content (AvgIpc) is 3.11. The van der Waals surface area contributed by atoms with Crippen molar-refractivity contribution in [3.63, 3.8) is 0 Å². The first-order chi connectivity index (χ1) is 24.1. The monoisotopic (exact) mass is 718 g/mol. The highest BCUT2D eigenvalue weighted by Crippen LogP contribution is 2.38. The highest BCUT2D eigenvalue weighted by molar-refractivity contribution is 6.04. The minimum absolute atomic E-state index is 0.000532. The molecule has 0 saturated carbocycles. The van der Waals surface area contributed by atoms with E-state index >= 15 is 0 Å². The number of nitrogens with zero attached hydrogens (tertiary/aromatic N) is 6. The molecule has 13 heteroatoms. The van der Waals surface area contributed by atoms with Gasteiger partial charge in [-0.1, -0.05) is 20.8 Å². The Hall–Kier alpha value is -2.26. The number of aliphatic hydroxyl groups excluding tert-OH is 1. The molecule has 0 unspecified atom stereocenters. The van der Waals surface area contributed by atoms with Crippen molar-refractivity contribution in [3.8, 4) is 0 Å². The van der Waals surface area contributed by atoms with Gasteiger partial charge in [-0.05, 0) is 92.5 Å². The minimum atomic E-state index is -1.43. The molecule has 0 amide bonds. The molecular weight excluding hydrogens is 652 g/mol. The second-order valence-corrected chi connectivity index (χ2v) is 16.1. The Labute approximate surface area is 306 Å². The molecule has 3 aliphatic rings. The molecule has 1 N–H and O–H groups in total. The Morgan fingerprint density at radius 1 is 1.06 bits per heavy atom. The van der Waals surface area contributed by atoms with E-state index in [0.29, 0.717) is 12.8 Å². The van der Waals surface area contributed by atoms with Crippen LogP contribution in [0.15, 0.2) is 18.5 Å². The van der Waals surface area contributed by atoms with Crippen LogP contribution in [0.1, 0.15) is 74.1 Å². The summed E-state index contributed by atoms with van der Waals surface area (Å²) < 4.78 is 25.2. The van der Waals surface area contributed by atoms with Crippen molar-refractivity contribution in [2.24, 2.45) is 17.3 Å². The number of carbonyl (C=O) groups excluding carboxylic acids is 2. The molecule has 0 aliphatic carbocycles. The van der Waals surface area contributed by atoms with E-state index in [0.717, 1.165) is 64.6 Å². The third-order valence-corrected chi connectivity index (χ3v) is 11.5. The van der Waals surface area contributed by atoms with Crippen LogP contribution in [0.4, 0.5) is 5.95 Å². The number of aromatic nitrogens is 2. The molecule has 3 fully saturated rings. The summed E-state index contributed by atoms with van der Waals surface area (Å²) in [5, 5.41) is 11.4. The lowest BCUT2D eigenvalue weighted by molar-refractivity contribution is -0.295. The summed E-state index contributed by atoms with van der Waals surface area (Å²) in [5.41, 5.74) is -2.35. The lowest BCUT2D eigenvalue weighted by Gasteiger charge is -2.47.